The number of carbonyl (C=O) groups excluding carboxylic acids is 1. The lowest BCUT2D eigenvalue weighted by Gasteiger charge is -2.10. The molecule has 0 aliphatic heterocycles. The zero-order valence-corrected chi connectivity index (χ0v) is 16.8. The summed E-state index contributed by atoms with van der Waals surface area (Å²) in [4.78, 5) is 14.1. The molecular formula is C22H22N2O4S. The van der Waals surface area contributed by atoms with Crippen molar-refractivity contribution < 1.29 is 17.9 Å². The topological polar surface area (TPSA) is 84.5 Å². The van der Waals surface area contributed by atoms with Crippen LogP contribution < -0.4 is 15.0 Å². The van der Waals surface area contributed by atoms with Crippen molar-refractivity contribution in [3.63, 3.8) is 0 Å². The van der Waals surface area contributed by atoms with Gasteiger partial charge in [-0.05, 0) is 47.4 Å². The number of carbonyl (C=O) groups is 1. The molecule has 0 fully saturated rings. The fourth-order valence-corrected chi connectivity index (χ4v) is 3.51. The molecule has 2 N–H and O–H groups in total. The smallest absolute Gasteiger partial charge is 0.272 e. The Morgan fingerprint density at radius 2 is 1.48 bits per heavy atom. The molecule has 150 valence electrons. The van der Waals surface area contributed by atoms with E-state index in [4.69, 9.17) is 4.74 Å². The van der Waals surface area contributed by atoms with Crippen LogP contribution in [0.15, 0.2) is 83.8 Å². The van der Waals surface area contributed by atoms with Gasteiger partial charge < -0.3 is 4.74 Å². The Morgan fingerprint density at radius 1 is 0.862 bits per heavy atom. The van der Waals surface area contributed by atoms with E-state index in [1.165, 1.54) is 12.1 Å². The van der Waals surface area contributed by atoms with Crippen molar-refractivity contribution in [3.05, 3.63) is 84.4 Å². The molecule has 0 saturated carbocycles. The van der Waals surface area contributed by atoms with E-state index in [0.717, 1.165) is 23.1 Å². The van der Waals surface area contributed by atoms with Crippen LogP contribution in [0.4, 0.5) is 0 Å². The highest BCUT2D eigenvalue weighted by Crippen LogP contribution is 2.21. The fraction of sp³-hybridized carbons (Fsp3) is 0.136. The summed E-state index contributed by atoms with van der Waals surface area (Å²) in [5, 5.41) is 0. The fourth-order valence-electron chi connectivity index (χ4n) is 2.65. The summed E-state index contributed by atoms with van der Waals surface area (Å²) in [5.74, 6) is -0.0938. The first kappa shape index (κ1) is 20.6. The Labute approximate surface area is 170 Å². The lowest BCUT2D eigenvalue weighted by atomic mass is 10.1. The molecular weight excluding hydrogens is 388 g/mol. The molecule has 0 aliphatic carbocycles. The minimum absolute atomic E-state index is 0.0763. The molecule has 0 radical (unpaired) electrons. The summed E-state index contributed by atoms with van der Waals surface area (Å²) in [6.45, 7) is 1.67. The van der Waals surface area contributed by atoms with Crippen LogP contribution in [0.1, 0.15) is 12.5 Å². The van der Waals surface area contributed by atoms with E-state index in [-0.39, 0.29) is 11.5 Å². The Morgan fingerprint density at radius 3 is 2.10 bits per heavy atom. The van der Waals surface area contributed by atoms with E-state index in [1.807, 2.05) is 49.4 Å². The number of rotatable bonds is 8. The van der Waals surface area contributed by atoms with Crippen molar-refractivity contribution >= 4 is 15.9 Å². The van der Waals surface area contributed by atoms with Gasteiger partial charge in [0.25, 0.3) is 15.9 Å². The van der Waals surface area contributed by atoms with Crippen molar-refractivity contribution in [3.8, 4) is 16.9 Å². The minimum atomic E-state index is -3.84. The van der Waals surface area contributed by atoms with Crippen molar-refractivity contribution in [2.75, 3.05) is 6.61 Å². The number of benzene rings is 3. The van der Waals surface area contributed by atoms with Crippen LogP contribution in [0.3, 0.4) is 0 Å². The standard InChI is InChI=1S/C22H22N2O4S/c1-2-17-8-14-21(15-9-17)29(26,27)24-23-22(25)16-28-20-12-10-19(11-13-20)18-6-4-3-5-7-18/h3-15,24H,2,16H2,1H3,(H,23,25). The van der Waals surface area contributed by atoms with Gasteiger partial charge in [0.1, 0.15) is 5.75 Å². The Bertz CT molecular complexity index is 1050. The van der Waals surface area contributed by atoms with Gasteiger partial charge in [-0.15, -0.1) is 4.83 Å². The lowest BCUT2D eigenvalue weighted by molar-refractivity contribution is -0.123. The van der Waals surface area contributed by atoms with Gasteiger partial charge in [-0.3, -0.25) is 10.2 Å². The van der Waals surface area contributed by atoms with Gasteiger partial charge >= 0.3 is 0 Å². The summed E-state index contributed by atoms with van der Waals surface area (Å²) in [6.07, 6.45) is 0.814. The first-order valence-electron chi connectivity index (χ1n) is 9.16. The molecule has 0 heterocycles. The van der Waals surface area contributed by atoms with Crippen molar-refractivity contribution in [2.45, 2.75) is 18.2 Å². The molecule has 6 nitrogen and oxygen atoms in total. The third-order valence-electron chi connectivity index (χ3n) is 4.30. The molecule has 0 aliphatic rings. The third kappa shape index (κ3) is 5.66. The average Bonchev–Trinajstić information content (AvgIpc) is 2.77. The monoisotopic (exact) mass is 410 g/mol. The zero-order valence-electron chi connectivity index (χ0n) is 16.0. The van der Waals surface area contributed by atoms with E-state index in [0.29, 0.717) is 5.75 Å². The number of ether oxygens (including phenoxy) is 1. The normalized spacial score (nSPS) is 11.1. The largest absolute Gasteiger partial charge is 0.484 e. The van der Waals surface area contributed by atoms with Crippen molar-refractivity contribution in [1.29, 1.82) is 0 Å². The zero-order chi connectivity index (χ0) is 20.7. The SMILES string of the molecule is CCc1ccc(S(=O)(=O)NNC(=O)COc2ccc(-c3ccccc3)cc2)cc1. The number of amides is 1. The summed E-state index contributed by atoms with van der Waals surface area (Å²) in [7, 11) is -3.84. The highest BCUT2D eigenvalue weighted by Gasteiger charge is 2.15. The molecule has 7 heteroatoms. The second-order valence-corrected chi connectivity index (χ2v) is 8.01. The third-order valence-corrected chi connectivity index (χ3v) is 5.56. The summed E-state index contributed by atoms with van der Waals surface area (Å²) in [6, 6.07) is 23.7. The number of nitrogens with one attached hydrogen (secondary N) is 2. The van der Waals surface area contributed by atoms with E-state index in [9.17, 15) is 13.2 Å². The van der Waals surface area contributed by atoms with Gasteiger partial charge in [0, 0.05) is 0 Å². The number of hydrazine groups is 1. The molecule has 0 atom stereocenters. The van der Waals surface area contributed by atoms with E-state index >= 15 is 0 Å². The van der Waals surface area contributed by atoms with Gasteiger partial charge in [0.15, 0.2) is 6.61 Å². The van der Waals surface area contributed by atoms with Crippen LogP contribution in [0, 0.1) is 0 Å². The summed E-state index contributed by atoms with van der Waals surface area (Å²) >= 11 is 0. The van der Waals surface area contributed by atoms with Crippen molar-refractivity contribution in [1.82, 2.24) is 10.3 Å². The van der Waals surface area contributed by atoms with Crippen LogP contribution in [0.25, 0.3) is 11.1 Å². The number of hydrogen-bond acceptors (Lipinski definition) is 4. The second kappa shape index (κ2) is 9.36. The number of hydrogen-bond donors (Lipinski definition) is 2. The Kier molecular flexibility index (Phi) is 6.64. The molecule has 0 unspecified atom stereocenters. The van der Waals surface area contributed by atoms with Crippen LogP contribution in [-0.4, -0.2) is 20.9 Å². The van der Waals surface area contributed by atoms with Gasteiger partial charge in [0.05, 0.1) is 4.90 Å². The first-order chi connectivity index (χ1) is 14.0. The molecule has 0 aromatic heterocycles. The first-order valence-corrected chi connectivity index (χ1v) is 10.6. The molecule has 0 saturated heterocycles. The molecule has 3 aromatic carbocycles. The average molecular weight is 410 g/mol. The maximum atomic E-state index is 12.2. The molecule has 0 bridgehead atoms. The van der Waals surface area contributed by atoms with Gasteiger partial charge in [0.2, 0.25) is 0 Å². The van der Waals surface area contributed by atoms with Crippen molar-refractivity contribution in [2.24, 2.45) is 0 Å². The predicted octanol–water partition coefficient (Wildman–Crippen LogP) is 3.30. The van der Waals surface area contributed by atoms with E-state index < -0.39 is 15.9 Å². The minimum Gasteiger partial charge on any atom is -0.484 e. The van der Waals surface area contributed by atoms with E-state index in [1.54, 1.807) is 24.3 Å². The van der Waals surface area contributed by atoms with Gasteiger partial charge in [-0.25, -0.2) is 8.42 Å². The van der Waals surface area contributed by atoms with Gasteiger partial charge in [-0.1, -0.05) is 61.5 Å². The second-order valence-electron chi connectivity index (χ2n) is 6.33. The molecule has 1 amide bonds. The Hall–Kier alpha value is -3.16. The Balaban J connectivity index is 1.50. The maximum absolute atomic E-state index is 12.2. The molecule has 3 rings (SSSR count). The molecule has 29 heavy (non-hydrogen) atoms. The van der Waals surface area contributed by atoms with Crippen LogP contribution in [0.5, 0.6) is 5.75 Å². The highest BCUT2D eigenvalue weighted by atomic mass is 32.2. The molecule has 3 aromatic rings. The van der Waals surface area contributed by atoms with Gasteiger partial charge in [-0.2, -0.15) is 0 Å². The lowest BCUT2D eigenvalue weighted by Crippen LogP contribution is -2.43. The quantitative estimate of drug-likeness (QED) is 0.558. The van der Waals surface area contributed by atoms with Crippen LogP contribution in [0.2, 0.25) is 0 Å². The maximum Gasteiger partial charge on any atom is 0.272 e. The van der Waals surface area contributed by atoms with Crippen LogP contribution >= 0.6 is 0 Å². The molecule has 0 spiro atoms. The predicted molar refractivity (Wildman–Crippen MR) is 112 cm³/mol. The summed E-state index contributed by atoms with van der Waals surface area (Å²) < 4.78 is 29.8. The number of aryl methyl sites for hydroxylation is 1. The van der Waals surface area contributed by atoms with Crippen LogP contribution in [-0.2, 0) is 21.2 Å². The number of sulfonamides is 1. The van der Waals surface area contributed by atoms with E-state index in [2.05, 4.69) is 10.3 Å². The summed E-state index contributed by atoms with van der Waals surface area (Å²) in [5.41, 5.74) is 5.30. The highest BCUT2D eigenvalue weighted by molar-refractivity contribution is 7.89.